The average Bonchev–Trinajstić information content (AvgIpc) is 3.25. The molecule has 1 fully saturated rings. The first-order valence-corrected chi connectivity index (χ1v) is 11.3. The second-order valence-corrected chi connectivity index (χ2v) is 8.99. The number of amides is 3. The molecule has 1 spiro atoms. The molecule has 1 atom stereocenters. The van der Waals surface area contributed by atoms with Crippen molar-refractivity contribution in [1.82, 2.24) is 0 Å². The number of benzene rings is 3. The van der Waals surface area contributed by atoms with E-state index in [0.29, 0.717) is 17.1 Å². The average molecular weight is 444 g/mol. The van der Waals surface area contributed by atoms with Gasteiger partial charge in [0.1, 0.15) is 6.54 Å². The van der Waals surface area contributed by atoms with Crippen molar-refractivity contribution in [1.29, 1.82) is 0 Å². The fraction of sp³-hybridized carbons (Fsp3) is 0.160. The van der Waals surface area contributed by atoms with Crippen molar-refractivity contribution in [3.63, 3.8) is 0 Å². The standard InChI is InChI=1S/C25H21N3O3S/c1-17-8-7-9-18(14-17)26-22(29)15-27-21-13-6-5-12-20(21)25(24(27)31)28(23(30)16-32-25)19-10-3-2-4-11-19/h2-14H,15-16H2,1H3,(H,26,29)/t25-/m0/s1. The number of fused-ring (bicyclic) bond motifs is 2. The molecule has 2 heterocycles. The lowest BCUT2D eigenvalue weighted by atomic mass is 10.0. The number of carbonyl (C=O) groups excluding carboxylic acids is 3. The summed E-state index contributed by atoms with van der Waals surface area (Å²) in [7, 11) is 0. The van der Waals surface area contributed by atoms with Crippen molar-refractivity contribution >= 4 is 46.5 Å². The molecule has 3 amide bonds. The molecule has 1 N–H and O–H groups in total. The van der Waals surface area contributed by atoms with Crippen LogP contribution in [0.4, 0.5) is 17.1 Å². The summed E-state index contributed by atoms with van der Waals surface area (Å²) >= 11 is 1.30. The molecule has 6 nitrogen and oxygen atoms in total. The third kappa shape index (κ3) is 3.17. The SMILES string of the molecule is Cc1cccc(NC(=O)CN2C(=O)[C@@]3(SCC(=O)N3c3ccccc3)c3ccccc32)c1. The second-order valence-electron chi connectivity index (χ2n) is 7.82. The Morgan fingerprint density at radius 1 is 1.00 bits per heavy atom. The van der Waals surface area contributed by atoms with Gasteiger partial charge in [-0.25, -0.2) is 0 Å². The molecule has 0 radical (unpaired) electrons. The number of hydrogen-bond acceptors (Lipinski definition) is 4. The van der Waals surface area contributed by atoms with E-state index in [1.54, 1.807) is 4.90 Å². The van der Waals surface area contributed by atoms with Gasteiger partial charge < -0.3 is 5.32 Å². The monoisotopic (exact) mass is 443 g/mol. The van der Waals surface area contributed by atoms with Crippen LogP contribution in [0.1, 0.15) is 11.1 Å². The Kier molecular flexibility index (Phi) is 4.98. The molecule has 0 aromatic heterocycles. The number of nitrogens with one attached hydrogen (secondary N) is 1. The van der Waals surface area contributed by atoms with E-state index in [-0.39, 0.29) is 30.0 Å². The molecule has 2 aliphatic rings. The highest BCUT2D eigenvalue weighted by Gasteiger charge is 2.61. The highest BCUT2D eigenvalue weighted by molar-refractivity contribution is 8.02. The highest BCUT2D eigenvalue weighted by Crippen LogP contribution is 2.55. The Bertz CT molecular complexity index is 1230. The lowest BCUT2D eigenvalue weighted by Crippen LogP contribution is -2.50. The van der Waals surface area contributed by atoms with E-state index in [9.17, 15) is 14.4 Å². The predicted molar refractivity (Wildman–Crippen MR) is 127 cm³/mol. The maximum absolute atomic E-state index is 13.9. The Hall–Kier alpha value is -3.58. The van der Waals surface area contributed by atoms with Gasteiger partial charge in [-0.05, 0) is 42.8 Å². The van der Waals surface area contributed by atoms with Crippen molar-refractivity contribution in [3.8, 4) is 0 Å². The number of hydrogen-bond donors (Lipinski definition) is 1. The summed E-state index contributed by atoms with van der Waals surface area (Å²) in [5, 5.41) is 2.87. The summed E-state index contributed by atoms with van der Waals surface area (Å²) in [4.78, 5) is 41.6. The normalized spacial score (nSPS) is 19.5. The van der Waals surface area contributed by atoms with Gasteiger partial charge in [0.05, 0.1) is 11.4 Å². The molecule has 0 saturated carbocycles. The van der Waals surface area contributed by atoms with Crippen LogP contribution in [0.15, 0.2) is 78.9 Å². The quantitative estimate of drug-likeness (QED) is 0.664. The number of nitrogens with zero attached hydrogens (tertiary/aromatic N) is 2. The van der Waals surface area contributed by atoms with Crippen LogP contribution in [0.5, 0.6) is 0 Å². The summed E-state index contributed by atoms with van der Waals surface area (Å²) in [5.74, 6) is -0.511. The van der Waals surface area contributed by atoms with Crippen LogP contribution in [0.2, 0.25) is 0 Å². The van der Waals surface area contributed by atoms with Gasteiger partial charge >= 0.3 is 0 Å². The molecule has 0 unspecified atom stereocenters. The second kappa shape index (κ2) is 7.84. The van der Waals surface area contributed by atoms with Gasteiger partial charge in [-0.1, -0.05) is 48.5 Å². The minimum Gasteiger partial charge on any atom is -0.325 e. The first-order valence-electron chi connectivity index (χ1n) is 10.3. The maximum Gasteiger partial charge on any atom is 0.269 e. The van der Waals surface area contributed by atoms with Crippen LogP contribution in [0.3, 0.4) is 0 Å². The number of rotatable bonds is 4. The third-order valence-electron chi connectivity index (χ3n) is 5.68. The highest BCUT2D eigenvalue weighted by atomic mass is 32.2. The van der Waals surface area contributed by atoms with E-state index in [1.165, 1.54) is 16.7 Å². The van der Waals surface area contributed by atoms with Crippen LogP contribution in [-0.4, -0.2) is 30.0 Å². The van der Waals surface area contributed by atoms with E-state index >= 15 is 0 Å². The van der Waals surface area contributed by atoms with Gasteiger partial charge in [0.2, 0.25) is 16.7 Å². The summed E-state index contributed by atoms with van der Waals surface area (Å²) < 4.78 is 0. The van der Waals surface area contributed by atoms with Crippen molar-refractivity contribution in [2.45, 2.75) is 11.8 Å². The number of para-hydroxylation sites is 2. The summed E-state index contributed by atoms with van der Waals surface area (Å²) in [5.41, 5.74) is 3.76. The van der Waals surface area contributed by atoms with Crippen molar-refractivity contribution in [2.75, 3.05) is 27.4 Å². The van der Waals surface area contributed by atoms with Gasteiger partial charge in [0.25, 0.3) is 5.91 Å². The minimum atomic E-state index is -1.21. The van der Waals surface area contributed by atoms with Crippen molar-refractivity contribution in [3.05, 3.63) is 90.0 Å². The summed E-state index contributed by atoms with van der Waals surface area (Å²) in [6.07, 6.45) is 0. The summed E-state index contributed by atoms with van der Waals surface area (Å²) in [6.45, 7) is 1.81. The molecule has 2 aliphatic heterocycles. The predicted octanol–water partition coefficient (Wildman–Crippen LogP) is 3.91. The molecule has 160 valence electrons. The summed E-state index contributed by atoms with van der Waals surface area (Å²) in [6, 6.07) is 24.1. The lowest BCUT2D eigenvalue weighted by molar-refractivity contribution is -0.124. The third-order valence-corrected chi connectivity index (χ3v) is 7.07. The van der Waals surface area contributed by atoms with Crippen LogP contribution >= 0.6 is 11.8 Å². The van der Waals surface area contributed by atoms with Gasteiger partial charge in [0.15, 0.2) is 0 Å². The fourth-order valence-electron chi connectivity index (χ4n) is 4.36. The molecule has 1 saturated heterocycles. The number of thioether (sulfide) groups is 1. The smallest absolute Gasteiger partial charge is 0.269 e. The van der Waals surface area contributed by atoms with Crippen LogP contribution in [0.25, 0.3) is 0 Å². The minimum absolute atomic E-state index is 0.129. The van der Waals surface area contributed by atoms with Gasteiger partial charge in [0, 0.05) is 16.9 Å². The van der Waals surface area contributed by atoms with E-state index in [2.05, 4.69) is 5.32 Å². The van der Waals surface area contributed by atoms with Crippen LogP contribution < -0.4 is 15.1 Å². The molecule has 5 rings (SSSR count). The van der Waals surface area contributed by atoms with E-state index in [4.69, 9.17) is 0 Å². The topological polar surface area (TPSA) is 69.7 Å². The Labute approximate surface area is 190 Å². The molecular formula is C25H21N3O3S. The zero-order chi connectivity index (χ0) is 22.3. The Morgan fingerprint density at radius 2 is 1.75 bits per heavy atom. The molecule has 7 heteroatoms. The Balaban J connectivity index is 1.51. The molecule has 3 aromatic carbocycles. The van der Waals surface area contributed by atoms with Gasteiger partial charge in [-0.15, -0.1) is 11.8 Å². The van der Waals surface area contributed by atoms with E-state index < -0.39 is 4.87 Å². The number of carbonyl (C=O) groups is 3. The zero-order valence-electron chi connectivity index (χ0n) is 17.4. The number of aryl methyl sites for hydroxylation is 1. The number of anilines is 3. The van der Waals surface area contributed by atoms with Crippen molar-refractivity contribution in [2.24, 2.45) is 0 Å². The zero-order valence-corrected chi connectivity index (χ0v) is 18.3. The molecular weight excluding hydrogens is 422 g/mol. The van der Waals surface area contributed by atoms with E-state index in [1.807, 2.05) is 85.8 Å². The Morgan fingerprint density at radius 3 is 2.53 bits per heavy atom. The fourth-order valence-corrected chi connectivity index (χ4v) is 5.72. The largest absolute Gasteiger partial charge is 0.325 e. The maximum atomic E-state index is 13.9. The van der Waals surface area contributed by atoms with Crippen LogP contribution in [-0.2, 0) is 19.3 Å². The van der Waals surface area contributed by atoms with Gasteiger partial charge in [-0.3, -0.25) is 24.2 Å². The van der Waals surface area contributed by atoms with E-state index in [0.717, 1.165) is 11.1 Å². The lowest BCUT2D eigenvalue weighted by Gasteiger charge is -2.33. The van der Waals surface area contributed by atoms with Crippen LogP contribution in [0, 0.1) is 6.92 Å². The molecule has 0 aliphatic carbocycles. The molecule has 0 bridgehead atoms. The molecule has 32 heavy (non-hydrogen) atoms. The van der Waals surface area contributed by atoms with Gasteiger partial charge in [-0.2, -0.15) is 0 Å². The van der Waals surface area contributed by atoms with Crippen molar-refractivity contribution < 1.29 is 14.4 Å². The first kappa shape index (κ1) is 20.3. The first-order chi connectivity index (χ1) is 15.5. The molecule has 3 aromatic rings.